The highest BCUT2D eigenvalue weighted by molar-refractivity contribution is 5.94. The number of nitrogens with one attached hydrogen (secondary N) is 1. The summed E-state index contributed by atoms with van der Waals surface area (Å²) in [6, 6.07) is 6.63. The van der Waals surface area contributed by atoms with Crippen LogP contribution in [-0.2, 0) is 11.2 Å². The van der Waals surface area contributed by atoms with Gasteiger partial charge in [0.25, 0.3) is 0 Å². The maximum Gasteiger partial charge on any atom is 0.335 e. The quantitative estimate of drug-likeness (QED) is 0.351. The molecule has 0 saturated carbocycles. The number of carboxylic acid groups (broad SMARTS) is 1. The summed E-state index contributed by atoms with van der Waals surface area (Å²) in [6.07, 6.45) is -0.0531. The Balaban J connectivity index is 2.08. The molecule has 0 aliphatic carbocycles. The third-order valence-corrected chi connectivity index (χ3v) is 3.79. The van der Waals surface area contributed by atoms with Crippen molar-refractivity contribution in [1.82, 2.24) is 0 Å². The molecule has 1 amide bonds. The molecule has 0 saturated heterocycles. The normalized spacial score (nSPS) is 10.3. The third-order valence-electron chi connectivity index (χ3n) is 3.79. The minimum Gasteiger partial charge on any atom is -0.504 e. The van der Waals surface area contributed by atoms with E-state index in [9.17, 15) is 29.9 Å². The van der Waals surface area contributed by atoms with E-state index in [2.05, 4.69) is 5.32 Å². The fourth-order valence-corrected chi connectivity index (χ4v) is 2.31. The molecule has 0 heterocycles. The first kappa shape index (κ1) is 18.7. The van der Waals surface area contributed by atoms with Crippen LogP contribution in [0.5, 0.6) is 11.5 Å². The molecule has 0 aliphatic heterocycles. The third kappa shape index (κ3) is 4.07. The van der Waals surface area contributed by atoms with E-state index in [1.54, 1.807) is 13.0 Å². The van der Waals surface area contributed by atoms with Gasteiger partial charge in [-0.25, -0.2) is 4.79 Å². The zero-order valence-electron chi connectivity index (χ0n) is 13.7. The van der Waals surface area contributed by atoms with Gasteiger partial charge in [-0.15, -0.1) is 0 Å². The fraction of sp³-hybridized carbons (Fsp3) is 0.176. The Morgan fingerprint density at radius 1 is 1.15 bits per heavy atom. The first-order chi connectivity index (χ1) is 12.2. The van der Waals surface area contributed by atoms with Gasteiger partial charge in [-0.2, -0.15) is 0 Å². The average Bonchev–Trinajstić information content (AvgIpc) is 2.57. The lowest BCUT2D eigenvalue weighted by atomic mass is 10.1. The number of phenolic OH excluding ortho intramolecular Hbond substituents is 2. The van der Waals surface area contributed by atoms with E-state index in [1.165, 1.54) is 18.2 Å². The number of carboxylic acids is 1. The Morgan fingerprint density at radius 2 is 1.85 bits per heavy atom. The van der Waals surface area contributed by atoms with E-state index < -0.39 is 34.0 Å². The Bertz CT molecular complexity index is 893. The minimum atomic E-state index is -1.12. The highest BCUT2D eigenvalue weighted by Gasteiger charge is 2.20. The second-order valence-electron chi connectivity index (χ2n) is 5.58. The van der Waals surface area contributed by atoms with Gasteiger partial charge in [0.05, 0.1) is 10.5 Å². The lowest BCUT2D eigenvalue weighted by Gasteiger charge is -2.10. The molecule has 2 rings (SSSR count). The van der Waals surface area contributed by atoms with Crippen molar-refractivity contribution in [3.63, 3.8) is 0 Å². The van der Waals surface area contributed by atoms with Crippen molar-refractivity contribution in [3.8, 4) is 11.5 Å². The van der Waals surface area contributed by atoms with Crippen LogP contribution in [0, 0.1) is 17.0 Å². The van der Waals surface area contributed by atoms with Gasteiger partial charge in [-0.1, -0.05) is 6.07 Å². The van der Waals surface area contributed by atoms with Crippen molar-refractivity contribution in [3.05, 3.63) is 57.1 Å². The van der Waals surface area contributed by atoms with Crippen molar-refractivity contribution in [1.29, 1.82) is 0 Å². The molecule has 0 fully saturated rings. The molecule has 9 heteroatoms. The topological polar surface area (TPSA) is 150 Å². The summed E-state index contributed by atoms with van der Waals surface area (Å²) in [4.78, 5) is 32.9. The molecule has 0 aliphatic rings. The summed E-state index contributed by atoms with van der Waals surface area (Å²) in [5.74, 6) is -3.05. The highest BCUT2D eigenvalue weighted by atomic mass is 16.6. The van der Waals surface area contributed by atoms with Gasteiger partial charge in [0.1, 0.15) is 0 Å². The zero-order chi connectivity index (χ0) is 19.4. The molecule has 0 radical (unpaired) electrons. The maximum atomic E-state index is 12.1. The molecular weight excluding hydrogens is 344 g/mol. The van der Waals surface area contributed by atoms with Crippen LogP contribution in [0.1, 0.15) is 27.9 Å². The van der Waals surface area contributed by atoms with Gasteiger partial charge >= 0.3 is 11.7 Å². The molecule has 0 aromatic heterocycles. The predicted molar refractivity (Wildman–Crippen MR) is 91.5 cm³/mol. The number of anilines is 1. The largest absolute Gasteiger partial charge is 0.504 e. The van der Waals surface area contributed by atoms with Gasteiger partial charge < -0.3 is 20.6 Å². The van der Waals surface area contributed by atoms with Crippen LogP contribution in [0.15, 0.2) is 30.3 Å². The highest BCUT2D eigenvalue weighted by Crippen LogP contribution is 2.38. The van der Waals surface area contributed by atoms with Gasteiger partial charge in [-0.3, -0.25) is 14.9 Å². The van der Waals surface area contributed by atoms with Crippen molar-refractivity contribution in [2.45, 2.75) is 19.8 Å². The molecule has 136 valence electrons. The van der Waals surface area contributed by atoms with E-state index in [0.717, 1.165) is 6.07 Å². The number of phenols is 2. The van der Waals surface area contributed by atoms with E-state index in [4.69, 9.17) is 5.11 Å². The molecule has 26 heavy (non-hydrogen) atoms. The van der Waals surface area contributed by atoms with E-state index in [-0.39, 0.29) is 24.0 Å². The minimum absolute atomic E-state index is 0.0287. The number of aromatic hydroxyl groups is 2. The molecule has 0 bridgehead atoms. The Morgan fingerprint density at radius 3 is 2.46 bits per heavy atom. The Kier molecular flexibility index (Phi) is 5.41. The van der Waals surface area contributed by atoms with Crippen LogP contribution >= 0.6 is 0 Å². The molecular formula is C17H16N2O7. The maximum absolute atomic E-state index is 12.1. The summed E-state index contributed by atoms with van der Waals surface area (Å²) in [5.41, 5.74) is 0.616. The average molecular weight is 360 g/mol. The molecule has 0 unspecified atom stereocenters. The standard InChI is InChI=1S/C17H16N2O7/c1-9-2-3-11(17(23)24)8-12(9)18-14(20)7-5-10-4-6-13(19(25)26)16(22)15(10)21/h2-4,6,8,21-22H,5,7H2,1H3,(H,18,20)(H,23,24). The molecule has 0 spiro atoms. The van der Waals surface area contributed by atoms with Crippen LogP contribution in [0.4, 0.5) is 11.4 Å². The molecule has 2 aromatic carbocycles. The lowest BCUT2D eigenvalue weighted by molar-refractivity contribution is -0.386. The van der Waals surface area contributed by atoms with Crippen molar-refractivity contribution in [2.75, 3.05) is 5.32 Å². The smallest absolute Gasteiger partial charge is 0.335 e. The number of nitrogens with zero attached hydrogens (tertiary/aromatic N) is 1. The van der Waals surface area contributed by atoms with Crippen LogP contribution < -0.4 is 5.32 Å². The van der Waals surface area contributed by atoms with Crippen LogP contribution in [0.3, 0.4) is 0 Å². The van der Waals surface area contributed by atoms with Crippen molar-refractivity contribution in [2.24, 2.45) is 0 Å². The van der Waals surface area contributed by atoms with E-state index >= 15 is 0 Å². The Labute approximate surface area is 147 Å². The number of rotatable bonds is 6. The zero-order valence-corrected chi connectivity index (χ0v) is 13.7. The van der Waals surface area contributed by atoms with Gasteiger partial charge in [0, 0.05) is 18.2 Å². The van der Waals surface area contributed by atoms with Gasteiger partial charge in [0.15, 0.2) is 5.75 Å². The fourth-order valence-electron chi connectivity index (χ4n) is 2.31. The number of aromatic carboxylic acids is 1. The second-order valence-corrected chi connectivity index (χ2v) is 5.58. The van der Waals surface area contributed by atoms with E-state index in [1.807, 2.05) is 0 Å². The van der Waals surface area contributed by atoms with Gasteiger partial charge in [-0.05, 0) is 42.7 Å². The molecule has 9 nitrogen and oxygen atoms in total. The van der Waals surface area contributed by atoms with E-state index in [0.29, 0.717) is 11.3 Å². The number of carbonyl (C=O) groups excluding carboxylic acids is 1. The number of nitro groups is 1. The van der Waals surface area contributed by atoms with Crippen LogP contribution in [0.2, 0.25) is 0 Å². The van der Waals surface area contributed by atoms with Crippen molar-refractivity contribution < 1.29 is 29.8 Å². The first-order valence-corrected chi connectivity index (χ1v) is 7.52. The summed E-state index contributed by atoms with van der Waals surface area (Å²) < 4.78 is 0. The predicted octanol–water partition coefficient (Wildman–Crippen LogP) is 2.58. The number of carbonyl (C=O) groups is 2. The molecule has 2 aromatic rings. The monoisotopic (exact) mass is 360 g/mol. The second kappa shape index (κ2) is 7.51. The summed E-state index contributed by atoms with van der Waals surface area (Å²) in [5, 5.41) is 41.7. The summed E-state index contributed by atoms with van der Waals surface area (Å²) in [6.45, 7) is 1.71. The SMILES string of the molecule is Cc1ccc(C(=O)O)cc1NC(=O)CCc1ccc([N+](=O)[O-])c(O)c1O. The van der Waals surface area contributed by atoms with Gasteiger partial charge in [0.2, 0.25) is 11.7 Å². The number of benzene rings is 2. The number of hydrogen-bond acceptors (Lipinski definition) is 6. The molecule has 4 N–H and O–H groups in total. The number of amides is 1. The van der Waals surface area contributed by atoms with Crippen LogP contribution in [-0.4, -0.2) is 32.1 Å². The summed E-state index contributed by atoms with van der Waals surface area (Å²) in [7, 11) is 0. The number of nitro benzene ring substituents is 1. The Hall–Kier alpha value is -3.62. The van der Waals surface area contributed by atoms with Crippen molar-refractivity contribution >= 4 is 23.3 Å². The number of aryl methyl sites for hydroxylation is 2. The lowest BCUT2D eigenvalue weighted by Crippen LogP contribution is -2.14. The first-order valence-electron chi connectivity index (χ1n) is 7.52. The molecule has 0 atom stereocenters. The summed E-state index contributed by atoms with van der Waals surface area (Å²) >= 11 is 0. The van der Waals surface area contributed by atoms with Crippen LogP contribution in [0.25, 0.3) is 0 Å². The number of hydrogen-bond donors (Lipinski definition) is 4.